The molecule has 0 spiro atoms. The smallest absolute Gasteiger partial charge is 0.323 e. The van der Waals surface area contributed by atoms with Crippen LogP contribution in [-0.4, -0.2) is 31.4 Å². The first-order valence-corrected chi connectivity index (χ1v) is 6.98. The number of ether oxygens (including phenoxy) is 1. The van der Waals surface area contributed by atoms with Gasteiger partial charge in [0.25, 0.3) is 0 Å². The van der Waals surface area contributed by atoms with E-state index in [4.69, 9.17) is 4.74 Å². The highest BCUT2D eigenvalue weighted by atomic mass is 32.2. The molecular formula is C13H17F2NO2S. The summed E-state index contributed by atoms with van der Waals surface area (Å²) in [6.07, 6.45) is 0.555. The van der Waals surface area contributed by atoms with E-state index in [0.29, 0.717) is 23.7 Å². The molecule has 0 aliphatic carbocycles. The van der Waals surface area contributed by atoms with Gasteiger partial charge in [-0.3, -0.25) is 4.79 Å². The van der Waals surface area contributed by atoms with E-state index >= 15 is 0 Å². The largest absolute Gasteiger partial charge is 0.465 e. The minimum Gasteiger partial charge on any atom is -0.465 e. The van der Waals surface area contributed by atoms with Crippen LogP contribution in [0, 0.1) is 11.6 Å². The zero-order chi connectivity index (χ0) is 14.3. The van der Waals surface area contributed by atoms with Gasteiger partial charge in [-0.1, -0.05) is 0 Å². The van der Waals surface area contributed by atoms with Crippen molar-refractivity contribution in [3.8, 4) is 0 Å². The van der Waals surface area contributed by atoms with E-state index in [2.05, 4.69) is 5.32 Å². The number of hydrogen-bond acceptors (Lipinski definition) is 4. The molecule has 0 saturated carbocycles. The number of esters is 1. The maximum absolute atomic E-state index is 13.0. The van der Waals surface area contributed by atoms with Crippen LogP contribution in [0.1, 0.15) is 13.3 Å². The van der Waals surface area contributed by atoms with Gasteiger partial charge < -0.3 is 10.1 Å². The summed E-state index contributed by atoms with van der Waals surface area (Å²) < 4.78 is 30.6. The van der Waals surface area contributed by atoms with Crippen LogP contribution >= 0.6 is 11.8 Å². The number of likely N-dealkylation sites (N-methyl/N-ethyl adjacent to an activating group) is 1. The fraction of sp³-hybridized carbons (Fsp3) is 0.462. The van der Waals surface area contributed by atoms with Crippen molar-refractivity contribution >= 4 is 17.7 Å². The molecule has 3 nitrogen and oxygen atoms in total. The van der Waals surface area contributed by atoms with Gasteiger partial charge in [-0.2, -0.15) is 0 Å². The third-order valence-corrected chi connectivity index (χ3v) is 3.51. The quantitative estimate of drug-likeness (QED) is 0.618. The molecule has 1 aromatic carbocycles. The van der Waals surface area contributed by atoms with Crippen molar-refractivity contribution in [2.45, 2.75) is 24.3 Å². The first-order chi connectivity index (χ1) is 9.08. The summed E-state index contributed by atoms with van der Waals surface area (Å²) in [6.45, 7) is 2.09. The predicted molar refractivity (Wildman–Crippen MR) is 71.2 cm³/mol. The van der Waals surface area contributed by atoms with Crippen molar-refractivity contribution in [1.29, 1.82) is 0 Å². The van der Waals surface area contributed by atoms with Crippen molar-refractivity contribution < 1.29 is 18.3 Å². The average Bonchev–Trinajstić information content (AvgIpc) is 2.39. The molecule has 6 heteroatoms. The van der Waals surface area contributed by atoms with E-state index in [1.54, 1.807) is 14.0 Å². The Labute approximate surface area is 115 Å². The molecule has 1 N–H and O–H groups in total. The highest BCUT2D eigenvalue weighted by Crippen LogP contribution is 2.21. The summed E-state index contributed by atoms with van der Waals surface area (Å²) in [5.41, 5.74) is 0. The third-order valence-electron chi connectivity index (χ3n) is 2.49. The number of nitrogens with one attached hydrogen (secondary N) is 1. The second-order valence-corrected chi connectivity index (χ2v) is 4.97. The van der Waals surface area contributed by atoms with Crippen molar-refractivity contribution in [3.05, 3.63) is 29.8 Å². The van der Waals surface area contributed by atoms with Crippen molar-refractivity contribution in [3.63, 3.8) is 0 Å². The van der Waals surface area contributed by atoms with E-state index in [1.807, 2.05) is 0 Å². The van der Waals surface area contributed by atoms with Crippen LogP contribution in [-0.2, 0) is 9.53 Å². The van der Waals surface area contributed by atoms with Crippen LogP contribution in [0.2, 0.25) is 0 Å². The van der Waals surface area contributed by atoms with E-state index in [9.17, 15) is 13.6 Å². The van der Waals surface area contributed by atoms with Gasteiger partial charge in [-0.15, -0.1) is 11.8 Å². The summed E-state index contributed by atoms with van der Waals surface area (Å²) >= 11 is 1.37. The lowest BCUT2D eigenvalue weighted by atomic mass is 10.2. The molecule has 0 bridgehead atoms. The molecule has 1 rings (SSSR count). The highest BCUT2D eigenvalue weighted by molar-refractivity contribution is 7.99. The summed E-state index contributed by atoms with van der Waals surface area (Å²) in [5.74, 6) is -1.41. The van der Waals surface area contributed by atoms with Crippen LogP contribution in [0.5, 0.6) is 0 Å². The normalized spacial score (nSPS) is 12.2. The second-order valence-electron chi connectivity index (χ2n) is 3.81. The third kappa shape index (κ3) is 5.16. The minimum atomic E-state index is -0.861. The monoisotopic (exact) mass is 289 g/mol. The average molecular weight is 289 g/mol. The first-order valence-electron chi connectivity index (χ1n) is 6.00. The Morgan fingerprint density at radius 1 is 1.42 bits per heavy atom. The summed E-state index contributed by atoms with van der Waals surface area (Å²) in [6, 6.07) is 3.39. The van der Waals surface area contributed by atoms with Gasteiger partial charge in [0.05, 0.1) is 6.61 Å². The lowest BCUT2D eigenvalue weighted by Gasteiger charge is -2.14. The van der Waals surface area contributed by atoms with Crippen molar-refractivity contribution in [2.75, 3.05) is 19.4 Å². The molecule has 0 radical (unpaired) electrons. The fourth-order valence-corrected chi connectivity index (χ4v) is 2.42. The highest BCUT2D eigenvalue weighted by Gasteiger charge is 2.17. The van der Waals surface area contributed by atoms with Gasteiger partial charge in [0.1, 0.15) is 6.04 Å². The zero-order valence-corrected chi connectivity index (χ0v) is 11.7. The molecule has 0 saturated heterocycles. The lowest BCUT2D eigenvalue weighted by Crippen LogP contribution is -2.36. The van der Waals surface area contributed by atoms with E-state index < -0.39 is 11.6 Å². The molecule has 0 aromatic heterocycles. The Hall–Kier alpha value is -1.14. The van der Waals surface area contributed by atoms with Crippen LogP contribution in [0.4, 0.5) is 8.78 Å². The number of rotatable bonds is 7. The molecule has 0 aliphatic rings. The predicted octanol–water partition coefficient (Wildman–Crippen LogP) is 2.60. The zero-order valence-electron chi connectivity index (χ0n) is 10.9. The minimum absolute atomic E-state index is 0.295. The molecule has 19 heavy (non-hydrogen) atoms. The Kier molecular flexibility index (Phi) is 6.80. The van der Waals surface area contributed by atoms with Crippen LogP contribution in [0.25, 0.3) is 0 Å². The number of halogens is 2. The Morgan fingerprint density at radius 2 is 2.16 bits per heavy atom. The van der Waals surface area contributed by atoms with Gasteiger partial charge >= 0.3 is 5.97 Å². The topological polar surface area (TPSA) is 38.3 Å². The summed E-state index contributed by atoms with van der Waals surface area (Å²) in [5, 5.41) is 2.87. The maximum atomic E-state index is 13.0. The second kappa shape index (κ2) is 8.12. The van der Waals surface area contributed by atoms with Crippen molar-refractivity contribution in [1.82, 2.24) is 5.32 Å². The molecular weight excluding hydrogens is 272 g/mol. The molecule has 0 fully saturated rings. The number of hydrogen-bond donors (Lipinski definition) is 1. The van der Waals surface area contributed by atoms with Gasteiger partial charge in [0, 0.05) is 10.6 Å². The van der Waals surface area contributed by atoms with E-state index in [0.717, 1.165) is 12.1 Å². The standard InChI is InChI=1S/C13H17F2NO2S/c1-3-18-13(17)12(16-2)6-7-19-9-4-5-10(14)11(15)8-9/h4-5,8,12,16H,3,6-7H2,1-2H3. The number of carbonyl (C=O) groups is 1. The molecule has 0 aliphatic heterocycles. The fourth-order valence-electron chi connectivity index (χ4n) is 1.48. The van der Waals surface area contributed by atoms with Gasteiger partial charge in [0.2, 0.25) is 0 Å². The van der Waals surface area contributed by atoms with Gasteiger partial charge in [0.15, 0.2) is 11.6 Å². The van der Waals surface area contributed by atoms with Gasteiger partial charge in [-0.25, -0.2) is 8.78 Å². The van der Waals surface area contributed by atoms with Crippen molar-refractivity contribution in [2.24, 2.45) is 0 Å². The first kappa shape index (κ1) is 15.9. The Morgan fingerprint density at radius 3 is 2.74 bits per heavy atom. The molecule has 106 valence electrons. The van der Waals surface area contributed by atoms with Crippen LogP contribution in [0.15, 0.2) is 23.1 Å². The molecule has 1 aromatic rings. The number of benzene rings is 1. The Bertz CT molecular complexity index is 429. The number of carbonyl (C=O) groups excluding carboxylic acids is 1. The van der Waals surface area contributed by atoms with Crippen LogP contribution in [0.3, 0.4) is 0 Å². The van der Waals surface area contributed by atoms with E-state index in [-0.39, 0.29) is 12.0 Å². The summed E-state index contributed by atoms with van der Waals surface area (Å²) in [7, 11) is 1.68. The maximum Gasteiger partial charge on any atom is 0.323 e. The SMILES string of the molecule is CCOC(=O)C(CCSc1ccc(F)c(F)c1)NC. The molecule has 0 heterocycles. The summed E-state index contributed by atoms with van der Waals surface area (Å²) in [4.78, 5) is 12.1. The molecule has 1 atom stereocenters. The van der Waals surface area contributed by atoms with Crippen LogP contribution < -0.4 is 5.32 Å². The lowest BCUT2D eigenvalue weighted by molar-refractivity contribution is -0.145. The molecule has 0 amide bonds. The Balaban J connectivity index is 2.43. The number of thioether (sulfide) groups is 1. The van der Waals surface area contributed by atoms with Gasteiger partial charge in [-0.05, 0) is 38.6 Å². The molecule has 1 unspecified atom stereocenters. The van der Waals surface area contributed by atoms with E-state index in [1.165, 1.54) is 17.8 Å².